The number of ether oxygens (including phenoxy) is 2. The number of carbonyl (C=O) groups is 1. The van der Waals surface area contributed by atoms with Gasteiger partial charge in [-0.1, -0.05) is 206 Å². The van der Waals surface area contributed by atoms with Crippen LogP contribution in [-0.4, -0.2) is 87.5 Å². The van der Waals surface area contributed by atoms with Crippen molar-refractivity contribution in [2.24, 2.45) is 0 Å². The number of unbranched alkanes of at least 4 members (excludes halogenated alkanes) is 14. The fourth-order valence-corrected chi connectivity index (χ4v) is 7.37. The SMILES string of the molecule is CC/C=C\C/C=C\C/C=C\C/C=C\C/C=C\C/C=C\C/C=C\C/C=C\CCCCCCCCCCCCCCC(=O)NC(COC1OC(CO)C(O)C(O)C1O)C(O)/C=C/CC/C=C/CCC. The van der Waals surface area contributed by atoms with Gasteiger partial charge >= 0.3 is 0 Å². The van der Waals surface area contributed by atoms with Crippen molar-refractivity contribution >= 4 is 5.91 Å². The van der Waals surface area contributed by atoms with E-state index in [1.807, 2.05) is 6.08 Å². The molecule has 7 unspecified atom stereocenters. The van der Waals surface area contributed by atoms with E-state index in [0.717, 1.165) is 96.3 Å². The number of aliphatic hydroxyl groups is 5. The second-order valence-electron chi connectivity index (χ2n) is 17.6. The molecule has 0 spiro atoms. The first kappa shape index (κ1) is 61.6. The Morgan fingerprint density at radius 3 is 1.42 bits per heavy atom. The summed E-state index contributed by atoms with van der Waals surface area (Å²) in [5.41, 5.74) is 0. The molecule has 0 aromatic heterocycles. The highest BCUT2D eigenvalue weighted by atomic mass is 16.7. The van der Waals surface area contributed by atoms with Gasteiger partial charge in [-0.25, -0.2) is 0 Å². The first-order valence-electron chi connectivity index (χ1n) is 26.3. The molecular weight excluding hydrogens is 839 g/mol. The quantitative estimate of drug-likeness (QED) is 0.0262. The van der Waals surface area contributed by atoms with Crippen molar-refractivity contribution in [3.05, 3.63) is 122 Å². The Hall–Kier alpha value is -3.41. The van der Waals surface area contributed by atoms with Crippen LogP contribution in [0.4, 0.5) is 0 Å². The molecular formula is C58H95NO8. The molecule has 380 valence electrons. The van der Waals surface area contributed by atoms with E-state index in [4.69, 9.17) is 9.47 Å². The van der Waals surface area contributed by atoms with Crippen LogP contribution in [0, 0.1) is 0 Å². The molecule has 1 amide bonds. The summed E-state index contributed by atoms with van der Waals surface area (Å²) in [6.45, 7) is 3.51. The van der Waals surface area contributed by atoms with Crippen LogP contribution in [0.15, 0.2) is 122 Å². The van der Waals surface area contributed by atoms with Gasteiger partial charge in [0, 0.05) is 6.42 Å². The van der Waals surface area contributed by atoms with Gasteiger partial charge in [0.2, 0.25) is 5.91 Å². The normalized spacial score (nSPS) is 20.7. The summed E-state index contributed by atoms with van der Waals surface area (Å²) in [7, 11) is 0. The van der Waals surface area contributed by atoms with Crippen molar-refractivity contribution in [2.75, 3.05) is 13.2 Å². The maximum absolute atomic E-state index is 12.9. The van der Waals surface area contributed by atoms with Crippen molar-refractivity contribution in [1.82, 2.24) is 5.32 Å². The average molecular weight is 934 g/mol. The molecule has 67 heavy (non-hydrogen) atoms. The lowest BCUT2D eigenvalue weighted by atomic mass is 9.99. The average Bonchev–Trinajstić information content (AvgIpc) is 3.33. The maximum atomic E-state index is 12.9. The molecule has 0 aromatic carbocycles. The highest BCUT2D eigenvalue weighted by Crippen LogP contribution is 2.22. The van der Waals surface area contributed by atoms with Gasteiger partial charge in [0.15, 0.2) is 6.29 Å². The Bertz CT molecular complexity index is 1460. The maximum Gasteiger partial charge on any atom is 0.220 e. The summed E-state index contributed by atoms with van der Waals surface area (Å²) in [5, 5.41) is 53.9. The number of amides is 1. The smallest absolute Gasteiger partial charge is 0.220 e. The number of allylic oxidation sites excluding steroid dienone is 19. The Morgan fingerprint density at radius 1 is 0.522 bits per heavy atom. The zero-order chi connectivity index (χ0) is 48.7. The van der Waals surface area contributed by atoms with Crippen molar-refractivity contribution < 1.29 is 39.8 Å². The van der Waals surface area contributed by atoms with E-state index in [0.29, 0.717) is 6.42 Å². The minimum atomic E-state index is -1.58. The molecule has 1 aliphatic rings. The highest BCUT2D eigenvalue weighted by Gasteiger charge is 2.44. The van der Waals surface area contributed by atoms with Crippen molar-refractivity contribution in [2.45, 2.75) is 224 Å². The minimum Gasteiger partial charge on any atom is -0.394 e. The Balaban J connectivity index is 2.09. The molecule has 1 heterocycles. The third-order valence-corrected chi connectivity index (χ3v) is 11.5. The molecule has 0 aliphatic carbocycles. The van der Waals surface area contributed by atoms with Crippen LogP contribution < -0.4 is 5.32 Å². The van der Waals surface area contributed by atoms with Crippen molar-refractivity contribution in [3.63, 3.8) is 0 Å². The second-order valence-corrected chi connectivity index (χ2v) is 17.6. The molecule has 0 saturated carbocycles. The summed E-state index contributed by atoms with van der Waals surface area (Å²) in [6.07, 6.45) is 63.0. The lowest BCUT2D eigenvalue weighted by Gasteiger charge is -2.40. The van der Waals surface area contributed by atoms with Gasteiger partial charge in [0.05, 0.1) is 25.4 Å². The van der Waals surface area contributed by atoms with Gasteiger partial charge in [-0.05, 0) is 89.9 Å². The number of rotatable bonds is 42. The topological polar surface area (TPSA) is 149 Å². The summed E-state index contributed by atoms with van der Waals surface area (Å²) in [4.78, 5) is 12.9. The van der Waals surface area contributed by atoms with Crippen LogP contribution in [0.3, 0.4) is 0 Å². The van der Waals surface area contributed by atoms with Gasteiger partial charge in [-0.15, -0.1) is 0 Å². The van der Waals surface area contributed by atoms with Crippen LogP contribution in [0.2, 0.25) is 0 Å². The molecule has 0 bridgehead atoms. The van der Waals surface area contributed by atoms with Gasteiger partial charge < -0.3 is 40.3 Å². The minimum absolute atomic E-state index is 0.200. The second kappa shape index (κ2) is 46.3. The third kappa shape index (κ3) is 36.3. The van der Waals surface area contributed by atoms with E-state index < -0.39 is 49.5 Å². The van der Waals surface area contributed by atoms with Crippen LogP contribution in [0.25, 0.3) is 0 Å². The molecule has 9 heteroatoms. The monoisotopic (exact) mass is 934 g/mol. The predicted octanol–water partition coefficient (Wildman–Crippen LogP) is 12.4. The van der Waals surface area contributed by atoms with E-state index in [9.17, 15) is 30.3 Å². The van der Waals surface area contributed by atoms with Gasteiger partial charge in [-0.3, -0.25) is 4.79 Å². The number of hydrogen-bond donors (Lipinski definition) is 6. The van der Waals surface area contributed by atoms with Crippen LogP contribution in [-0.2, 0) is 14.3 Å². The van der Waals surface area contributed by atoms with E-state index >= 15 is 0 Å². The summed E-state index contributed by atoms with van der Waals surface area (Å²) >= 11 is 0. The third-order valence-electron chi connectivity index (χ3n) is 11.5. The first-order valence-corrected chi connectivity index (χ1v) is 26.3. The van der Waals surface area contributed by atoms with E-state index in [1.165, 1.54) is 64.2 Å². The standard InChI is InChI=1S/C58H95NO8/c1-3-5-7-9-11-12-13-14-15-16-17-18-19-20-21-22-23-24-25-26-27-28-29-30-31-32-33-34-35-36-37-38-39-40-42-44-46-48-54(62)59-51(52(61)47-45-43-41-10-8-6-4-2)50-66-58-57(65)56(64)55(63)53(49-60)67-58/h5,7-8,10-12,14-15,17-18,20-21,23-24,26-27,29-30,45,47,51-53,55-58,60-61,63-65H,3-4,6,9,13,16,19,22,25,28,31-44,46,48-50H2,1-2H3,(H,59,62)/b7-5-,10-8+,12-11-,15-14-,18-17-,21-20-,24-23-,27-26-,30-29-,47-45+. The molecule has 9 nitrogen and oxygen atoms in total. The lowest BCUT2D eigenvalue weighted by Crippen LogP contribution is -2.60. The predicted molar refractivity (Wildman–Crippen MR) is 280 cm³/mol. The molecule has 0 aromatic rings. The Labute approximate surface area is 408 Å². The number of carbonyl (C=O) groups excluding carboxylic acids is 1. The largest absolute Gasteiger partial charge is 0.394 e. The van der Waals surface area contributed by atoms with Crippen LogP contribution in [0.5, 0.6) is 0 Å². The highest BCUT2D eigenvalue weighted by molar-refractivity contribution is 5.76. The van der Waals surface area contributed by atoms with Gasteiger partial charge in [0.25, 0.3) is 0 Å². The Kier molecular flexibility index (Phi) is 42.6. The van der Waals surface area contributed by atoms with Gasteiger partial charge in [-0.2, -0.15) is 0 Å². The zero-order valence-corrected chi connectivity index (χ0v) is 41.8. The Morgan fingerprint density at radius 2 is 0.940 bits per heavy atom. The number of nitrogens with one attached hydrogen (secondary N) is 1. The van der Waals surface area contributed by atoms with E-state index in [1.54, 1.807) is 6.08 Å². The van der Waals surface area contributed by atoms with Crippen LogP contribution >= 0.6 is 0 Å². The summed E-state index contributed by atoms with van der Waals surface area (Å²) < 4.78 is 11.1. The molecule has 6 N–H and O–H groups in total. The van der Waals surface area contributed by atoms with E-state index in [2.05, 4.69) is 129 Å². The molecule has 7 atom stereocenters. The summed E-state index contributed by atoms with van der Waals surface area (Å²) in [5.74, 6) is -0.200. The molecule has 1 saturated heterocycles. The van der Waals surface area contributed by atoms with Gasteiger partial charge in [0.1, 0.15) is 24.4 Å². The van der Waals surface area contributed by atoms with Crippen LogP contribution in [0.1, 0.15) is 181 Å². The van der Waals surface area contributed by atoms with Crippen molar-refractivity contribution in [3.8, 4) is 0 Å². The molecule has 1 aliphatic heterocycles. The first-order chi connectivity index (χ1) is 32.8. The van der Waals surface area contributed by atoms with Crippen molar-refractivity contribution in [1.29, 1.82) is 0 Å². The summed E-state index contributed by atoms with van der Waals surface area (Å²) in [6, 6.07) is -0.827. The fourth-order valence-electron chi connectivity index (χ4n) is 7.37. The molecule has 1 fully saturated rings. The molecule has 0 radical (unpaired) electrons. The molecule has 1 rings (SSSR count). The fraction of sp³-hybridized carbons (Fsp3) is 0.638. The lowest BCUT2D eigenvalue weighted by molar-refractivity contribution is -0.302. The zero-order valence-electron chi connectivity index (χ0n) is 41.8. The van der Waals surface area contributed by atoms with E-state index in [-0.39, 0.29) is 12.5 Å². The number of aliphatic hydroxyl groups excluding tert-OH is 5. The number of hydrogen-bond acceptors (Lipinski definition) is 8.